The maximum Gasteiger partial charge on any atom is 0.123 e. The van der Waals surface area contributed by atoms with Gasteiger partial charge in [-0.15, -0.1) is 0 Å². The van der Waals surface area contributed by atoms with Crippen molar-refractivity contribution < 1.29 is 4.74 Å². The number of methoxy groups -OCH3 is 1. The Morgan fingerprint density at radius 1 is 1.33 bits per heavy atom. The molecular weight excluding hydrogens is 260 g/mol. The van der Waals surface area contributed by atoms with E-state index in [0.29, 0.717) is 12.6 Å². The smallest absolute Gasteiger partial charge is 0.123 e. The Bertz CT molecular complexity index is 520. The second kappa shape index (κ2) is 7.49. The lowest BCUT2D eigenvalue weighted by molar-refractivity contribution is 0.133. The van der Waals surface area contributed by atoms with Gasteiger partial charge >= 0.3 is 0 Å². The molecule has 1 aromatic carbocycles. The van der Waals surface area contributed by atoms with E-state index in [4.69, 9.17) is 10.5 Å². The predicted octanol–water partition coefficient (Wildman–Crippen LogP) is 2.87. The summed E-state index contributed by atoms with van der Waals surface area (Å²) in [6, 6.07) is 6.50. The van der Waals surface area contributed by atoms with Gasteiger partial charge in [0.15, 0.2) is 0 Å². The molecule has 0 aliphatic heterocycles. The topological polar surface area (TPSA) is 38.5 Å². The first kappa shape index (κ1) is 17.6. The summed E-state index contributed by atoms with van der Waals surface area (Å²) in [5.74, 6) is 6.88. The van der Waals surface area contributed by atoms with Gasteiger partial charge < -0.3 is 10.5 Å². The Balaban J connectivity index is 2.99. The van der Waals surface area contributed by atoms with Gasteiger partial charge in [0.25, 0.3) is 0 Å². The van der Waals surface area contributed by atoms with E-state index in [2.05, 4.69) is 57.5 Å². The Kier molecular flexibility index (Phi) is 6.26. The average molecular weight is 288 g/mol. The highest BCUT2D eigenvalue weighted by Gasteiger charge is 2.24. The number of nitrogens with two attached hydrogens (primary N) is 1. The van der Waals surface area contributed by atoms with Crippen LogP contribution in [0, 0.1) is 17.3 Å². The number of rotatable bonds is 4. The second-order valence-corrected chi connectivity index (χ2v) is 6.49. The van der Waals surface area contributed by atoms with Gasteiger partial charge in [0, 0.05) is 23.7 Å². The van der Waals surface area contributed by atoms with Gasteiger partial charge in [0.2, 0.25) is 0 Å². The number of ether oxygens (including phenoxy) is 1. The van der Waals surface area contributed by atoms with Crippen molar-refractivity contribution in [3.63, 3.8) is 0 Å². The Morgan fingerprint density at radius 2 is 2.00 bits per heavy atom. The first-order valence-electron chi connectivity index (χ1n) is 7.35. The van der Waals surface area contributed by atoms with Crippen LogP contribution in [0.3, 0.4) is 0 Å². The summed E-state index contributed by atoms with van der Waals surface area (Å²) in [4.78, 5) is 2.35. The fourth-order valence-corrected chi connectivity index (χ4v) is 2.20. The van der Waals surface area contributed by atoms with Gasteiger partial charge in [-0.2, -0.15) is 0 Å². The van der Waals surface area contributed by atoms with Crippen molar-refractivity contribution in [1.82, 2.24) is 4.90 Å². The van der Waals surface area contributed by atoms with Crippen molar-refractivity contribution in [3.8, 4) is 17.6 Å². The lowest BCUT2D eigenvalue weighted by Crippen LogP contribution is -2.38. The van der Waals surface area contributed by atoms with Crippen molar-refractivity contribution in [1.29, 1.82) is 0 Å². The minimum Gasteiger partial charge on any atom is -0.496 e. The highest BCUT2D eigenvalue weighted by Crippen LogP contribution is 2.27. The molecule has 0 spiro atoms. The van der Waals surface area contributed by atoms with E-state index in [1.807, 2.05) is 12.1 Å². The third-order valence-corrected chi connectivity index (χ3v) is 3.95. The summed E-state index contributed by atoms with van der Waals surface area (Å²) in [5.41, 5.74) is 7.80. The minimum atomic E-state index is 0.235. The molecule has 0 bridgehead atoms. The molecule has 0 fully saturated rings. The third kappa shape index (κ3) is 5.08. The lowest BCUT2D eigenvalue weighted by atomic mass is 9.87. The van der Waals surface area contributed by atoms with Gasteiger partial charge in [-0.05, 0) is 37.6 Å². The monoisotopic (exact) mass is 288 g/mol. The highest BCUT2D eigenvalue weighted by atomic mass is 16.5. The van der Waals surface area contributed by atoms with Crippen molar-refractivity contribution in [2.75, 3.05) is 20.7 Å². The van der Waals surface area contributed by atoms with E-state index >= 15 is 0 Å². The van der Waals surface area contributed by atoms with Crippen molar-refractivity contribution >= 4 is 0 Å². The van der Waals surface area contributed by atoms with E-state index in [9.17, 15) is 0 Å². The van der Waals surface area contributed by atoms with Crippen molar-refractivity contribution in [2.24, 2.45) is 11.1 Å². The zero-order valence-corrected chi connectivity index (χ0v) is 14.2. The first-order valence-corrected chi connectivity index (χ1v) is 7.35. The molecule has 0 aliphatic carbocycles. The molecule has 21 heavy (non-hydrogen) atoms. The molecule has 116 valence electrons. The fourth-order valence-electron chi connectivity index (χ4n) is 2.20. The Hall–Kier alpha value is -1.50. The molecule has 0 saturated carbocycles. The summed E-state index contributed by atoms with van der Waals surface area (Å²) in [6.45, 7) is 10.2. The maximum atomic E-state index is 5.47. The molecule has 0 saturated heterocycles. The van der Waals surface area contributed by atoms with Crippen molar-refractivity contribution in [3.05, 3.63) is 29.3 Å². The number of hydrogen-bond acceptors (Lipinski definition) is 3. The van der Waals surface area contributed by atoms with Crippen LogP contribution in [-0.4, -0.2) is 31.6 Å². The van der Waals surface area contributed by atoms with Gasteiger partial charge in [0.1, 0.15) is 5.75 Å². The van der Waals surface area contributed by atoms with Crippen LogP contribution in [0.1, 0.15) is 38.8 Å². The first-order chi connectivity index (χ1) is 9.79. The van der Waals surface area contributed by atoms with Crippen LogP contribution in [0.4, 0.5) is 0 Å². The van der Waals surface area contributed by atoms with Gasteiger partial charge in [-0.3, -0.25) is 4.90 Å². The third-order valence-electron chi connectivity index (χ3n) is 3.95. The minimum absolute atomic E-state index is 0.235. The van der Waals surface area contributed by atoms with Crippen LogP contribution in [-0.2, 0) is 6.54 Å². The summed E-state index contributed by atoms with van der Waals surface area (Å²) < 4.78 is 5.47. The van der Waals surface area contributed by atoms with Crippen LogP contribution >= 0.6 is 0 Å². The molecule has 1 atom stereocenters. The number of nitrogens with zero attached hydrogens (tertiary/aromatic N) is 1. The fraction of sp³-hybridized carbons (Fsp3) is 0.556. The van der Waals surface area contributed by atoms with Gasteiger partial charge in [-0.1, -0.05) is 32.6 Å². The lowest BCUT2D eigenvalue weighted by Gasteiger charge is -2.35. The SMILES string of the molecule is COc1ccc(C#CCN)cc1CN(C)C(C)C(C)(C)C. The summed E-state index contributed by atoms with van der Waals surface area (Å²) >= 11 is 0. The van der Waals surface area contributed by atoms with Crippen LogP contribution in [0.15, 0.2) is 18.2 Å². The number of hydrogen-bond donors (Lipinski definition) is 1. The molecular formula is C18H28N2O. The predicted molar refractivity (Wildman–Crippen MR) is 89.3 cm³/mol. The zero-order valence-electron chi connectivity index (χ0n) is 14.2. The van der Waals surface area contributed by atoms with E-state index in [1.54, 1.807) is 7.11 Å². The zero-order chi connectivity index (χ0) is 16.0. The molecule has 1 rings (SSSR count). The van der Waals surface area contributed by atoms with Crippen molar-refractivity contribution in [2.45, 2.75) is 40.3 Å². The van der Waals surface area contributed by atoms with E-state index < -0.39 is 0 Å². The summed E-state index contributed by atoms with van der Waals surface area (Å²) in [7, 11) is 3.85. The Morgan fingerprint density at radius 3 is 2.52 bits per heavy atom. The van der Waals surface area contributed by atoms with Crippen LogP contribution in [0.25, 0.3) is 0 Å². The largest absolute Gasteiger partial charge is 0.496 e. The normalized spacial score (nSPS) is 12.8. The molecule has 0 aromatic heterocycles. The van der Waals surface area contributed by atoms with Gasteiger partial charge in [-0.25, -0.2) is 0 Å². The molecule has 3 nitrogen and oxygen atoms in total. The molecule has 3 heteroatoms. The summed E-state index contributed by atoms with van der Waals surface area (Å²) in [5, 5.41) is 0. The van der Waals surface area contributed by atoms with E-state index in [-0.39, 0.29) is 5.41 Å². The van der Waals surface area contributed by atoms with E-state index in [1.165, 1.54) is 0 Å². The molecule has 1 aromatic rings. The second-order valence-electron chi connectivity index (χ2n) is 6.49. The molecule has 0 amide bonds. The quantitative estimate of drug-likeness (QED) is 0.866. The maximum absolute atomic E-state index is 5.47. The standard InChI is InChI=1S/C18H28N2O/c1-14(18(2,3)4)20(5)13-16-12-15(8-7-11-19)9-10-17(16)21-6/h9-10,12,14H,11,13,19H2,1-6H3. The molecule has 0 aliphatic rings. The van der Waals surface area contributed by atoms with Crippen LogP contribution in [0.5, 0.6) is 5.75 Å². The summed E-state index contributed by atoms with van der Waals surface area (Å²) in [6.07, 6.45) is 0. The molecule has 0 radical (unpaired) electrons. The average Bonchev–Trinajstić information content (AvgIpc) is 2.43. The highest BCUT2D eigenvalue weighted by molar-refractivity contribution is 5.44. The Labute approximate surface area is 129 Å². The molecule has 2 N–H and O–H groups in total. The van der Waals surface area contributed by atoms with E-state index in [0.717, 1.165) is 23.4 Å². The van der Waals surface area contributed by atoms with Crippen LogP contribution < -0.4 is 10.5 Å². The van der Waals surface area contributed by atoms with Crippen LogP contribution in [0.2, 0.25) is 0 Å². The molecule has 0 heterocycles. The van der Waals surface area contributed by atoms with Gasteiger partial charge in [0.05, 0.1) is 13.7 Å². The number of benzene rings is 1. The molecule has 1 unspecified atom stereocenters.